The first-order valence-corrected chi connectivity index (χ1v) is 5.16. The molecule has 2 rings (SSSR count). The maximum absolute atomic E-state index is 5.67. The van der Waals surface area contributed by atoms with Crippen molar-refractivity contribution in [2.45, 2.75) is 18.9 Å². The molecule has 5 nitrogen and oxygen atoms in total. The number of nitrogens with two attached hydrogens (primary N) is 1. The van der Waals surface area contributed by atoms with E-state index in [9.17, 15) is 0 Å². The average Bonchev–Trinajstić information content (AvgIpc) is 3.10. The van der Waals surface area contributed by atoms with Crippen LogP contribution in [0.25, 0.3) is 0 Å². The van der Waals surface area contributed by atoms with E-state index < -0.39 is 0 Å². The van der Waals surface area contributed by atoms with Gasteiger partial charge in [0.2, 0.25) is 5.95 Å². The van der Waals surface area contributed by atoms with E-state index in [2.05, 4.69) is 15.3 Å². The number of anilines is 1. The smallest absolute Gasteiger partial charge is 0.223 e. The highest BCUT2D eigenvalue weighted by atomic mass is 16.5. The normalized spacial score (nSPS) is 17.2. The molecule has 0 bridgehead atoms. The lowest BCUT2D eigenvalue weighted by molar-refractivity contribution is 0.411. The van der Waals surface area contributed by atoms with Gasteiger partial charge in [-0.15, -0.1) is 0 Å². The highest BCUT2D eigenvalue weighted by Gasteiger charge is 2.30. The molecule has 0 amide bonds. The van der Waals surface area contributed by atoms with Gasteiger partial charge < -0.3 is 15.8 Å². The minimum Gasteiger partial charge on any atom is -0.494 e. The van der Waals surface area contributed by atoms with Crippen molar-refractivity contribution >= 4 is 5.95 Å². The lowest BCUT2D eigenvalue weighted by Gasteiger charge is -2.15. The van der Waals surface area contributed by atoms with Crippen LogP contribution in [0.5, 0.6) is 5.75 Å². The molecule has 1 unspecified atom stereocenters. The summed E-state index contributed by atoms with van der Waals surface area (Å²) in [5.74, 6) is 1.98. The SMILES string of the molecule is COc1cnc(NC(CN)C2CC2)nc1. The Balaban J connectivity index is 1.96. The van der Waals surface area contributed by atoms with Crippen molar-refractivity contribution in [3.05, 3.63) is 12.4 Å². The highest BCUT2D eigenvalue weighted by molar-refractivity contribution is 5.29. The maximum atomic E-state index is 5.67. The molecular formula is C10H16N4O. The van der Waals surface area contributed by atoms with Crippen LogP contribution in [0.4, 0.5) is 5.95 Å². The maximum Gasteiger partial charge on any atom is 0.223 e. The molecule has 0 aliphatic heterocycles. The van der Waals surface area contributed by atoms with E-state index in [4.69, 9.17) is 10.5 Å². The molecule has 1 aliphatic rings. The van der Waals surface area contributed by atoms with E-state index in [0.717, 1.165) is 0 Å². The van der Waals surface area contributed by atoms with E-state index in [0.29, 0.717) is 30.2 Å². The summed E-state index contributed by atoms with van der Waals surface area (Å²) in [6.45, 7) is 0.625. The van der Waals surface area contributed by atoms with Crippen LogP contribution in [0.1, 0.15) is 12.8 Å². The first-order chi connectivity index (χ1) is 7.33. The molecule has 3 N–H and O–H groups in total. The van der Waals surface area contributed by atoms with Gasteiger partial charge in [0.1, 0.15) is 0 Å². The zero-order valence-corrected chi connectivity index (χ0v) is 8.81. The summed E-state index contributed by atoms with van der Waals surface area (Å²) in [7, 11) is 1.60. The van der Waals surface area contributed by atoms with Gasteiger partial charge in [0.15, 0.2) is 5.75 Å². The second-order valence-corrected chi connectivity index (χ2v) is 3.77. The summed E-state index contributed by atoms with van der Waals surface area (Å²) in [4.78, 5) is 8.29. The number of nitrogens with one attached hydrogen (secondary N) is 1. The first kappa shape index (κ1) is 10.2. The van der Waals surface area contributed by atoms with E-state index in [-0.39, 0.29) is 0 Å². The molecule has 15 heavy (non-hydrogen) atoms. The lowest BCUT2D eigenvalue weighted by Crippen LogP contribution is -2.31. The molecule has 1 heterocycles. The van der Waals surface area contributed by atoms with Gasteiger partial charge in [0, 0.05) is 12.6 Å². The molecule has 5 heteroatoms. The standard InChI is InChI=1S/C10H16N4O/c1-15-8-5-12-10(13-6-8)14-9(4-11)7-2-3-7/h5-7,9H,2-4,11H2,1H3,(H,12,13,14). The van der Waals surface area contributed by atoms with Crippen molar-refractivity contribution in [2.75, 3.05) is 19.0 Å². The van der Waals surface area contributed by atoms with Crippen LogP contribution in [0, 0.1) is 5.92 Å². The molecule has 82 valence electrons. The minimum atomic E-state index is 0.304. The average molecular weight is 208 g/mol. The summed E-state index contributed by atoms with van der Waals surface area (Å²) in [5, 5.41) is 3.24. The van der Waals surface area contributed by atoms with Crippen molar-refractivity contribution in [1.82, 2.24) is 9.97 Å². The monoisotopic (exact) mass is 208 g/mol. The van der Waals surface area contributed by atoms with Crippen LogP contribution in [0.15, 0.2) is 12.4 Å². The van der Waals surface area contributed by atoms with Crippen LogP contribution in [-0.2, 0) is 0 Å². The molecule has 0 radical (unpaired) electrons. The fraction of sp³-hybridized carbons (Fsp3) is 0.600. The van der Waals surface area contributed by atoms with Gasteiger partial charge in [-0.3, -0.25) is 0 Å². The predicted octanol–water partition coefficient (Wildman–Crippen LogP) is 0.634. The topological polar surface area (TPSA) is 73.1 Å². The Bertz CT molecular complexity index is 310. The third-order valence-electron chi connectivity index (χ3n) is 2.62. The van der Waals surface area contributed by atoms with Crippen LogP contribution in [-0.4, -0.2) is 29.7 Å². The molecule has 1 saturated carbocycles. The quantitative estimate of drug-likeness (QED) is 0.742. The predicted molar refractivity (Wildman–Crippen MR) is 57.8 cm³/mol. The van der Waals surface area contributed by atoms with Crippen LogP contribution in [0.2, 0.25) is 0 Å². The summed E-state index contributed by atoms with van der Waals surface area (Å²) < 4.78 is 4.98. The molecule has 0 aromatic carbocycles. The molecule has 1 aromatic rings. The Morgan fingerprint density at radius 2 is 2.20 bits per heavy atom. The van der Waals surface area contributed by atoms with Gasteiger partial charge in [-0.05, 0) is 18.8 Å². The van der Waals surface area contributed by atoms with Crippen molar-refractivity contribution < 1.29 is 4.74 Å². The number of hydrogen-bond acceptors (Lipinski definition) is 5. The second-order valence-electron chi connectivity index (χ2n) is 3.77. The fourth-order valence-corrected chi connectivity index (χ4v) is 1.53. The Morgan fingerprint density at radius 1 is 1.53 bits per heavy atom. The second kappa shape index (κ2) is 4.44. The van der Waals surface area contributed by atoms with E-state index in [1.807, 2.05) is 0 Å². The van der Waals surface area contributed by atoms with Gasteiger partial charge in [0.05, 0.1) is 19.5 Å². The summed E-state index contributed by atoms with van der Waals surface area (Å²) in [6.07, 6.45) is 5.81. The Kier molecular flexibility index (Phi) is 3.01. The number of methoxy groups -OCH3 is 1. The zero-order valence-electron chi connectivity index (χ0n) is 8.81. The molecule has 0 spiro atoms. The highest BCUT2D eigenvalue weighted by Crippen LogP contribution is 2.33. The van der Waals surface area contributed by atoms with Gasteiger partial charge in [-0.1, -0.05) is 0 Å². The molecule has 1 fully saturated rings. The largest absolute Gasteiger partial charge is 0.494 e. The van der Waals surface area contributed by atoms with E-state index >= 15 is 0 Å². The summed E-state index contributed by atoms with van der Waals surface area (Å²) >= 11 is 0. The van der Waals surface area contributed by atoms with Crippen molar-refractivity contribution in [2.24, 2.45) is 11.7 Å². The summed E-state index contributed by atoms with van der Waals surface area (Å²) in [5.41, 5.74) is 5.67. The molecule has 0 saturated heterocycles. The third kappa shape index (κ3) is 2.56. The van der Waals surface area contributed by atoms with Gasteiger partial charge in [0.25, 0.3) is 0 Å². The van der Waals surface area contributed by atoms with Gasteiger partial charge in [-0.25, -0.2) is 9.97 Å². The minimum absolute atomic E-state index is 0.304. The van der Waals surface area contributed by atoms with Crippen molar-refractivity contribution in [3.8, 4) is 5.75 Å². The Hall–Kier alpha value is -1.36. The first-order valence-electron chi connectivity index (χ1n) is 5.16. The van der Waals surface area contributed by atoms with Gasteiger partial charge >= 0.3 is 0 Å². The third-order valence-corrected chi connectivity index (χ3v) is 2.62. The fourth-order valence-electron chi connectivity index (χ4n) is 1.53. The van der Waals surface area contributed by atoms with Gasteiger partial charge in [-0.2, -0.15) is 0 Å². The van der Waals surface area contributed by atoms with Crippen LogP contribution < -0.4 is 15.8 Å². The number of nitrogens with zero attached hydrogens (tertiary/aromatic N) is 2. The van der Waals surface area contributed by atoms with Crippen LogP contribution in [0.3, 0.4) is 0 Å². The van der Waals surface area contributed by atoms with E-state index in [1.54, 1.807) is 19.5 Å². The molecular weight excluding hydrogens is 192 g/mol. The number of rotatable bonds is 5. The van der Waals surface area contributed by atoms with Crippen LogP contribution >= 0.6 is 0 Å². The number of hydrogen-bond donors (Lipinski definition) is 2. The van der Waals surface area contributed by atoms with Crippen molar-refractivity contribution in [1.29, 1.82) is 0 Å². The van der Waals surface area contributed by atoms with E-state index in [1.165, 1.54) is 12.8 Å². The summed E-state index contributed by atoms with van der Waals surface area (Å²) in [6, 6.07) is 0.304. The Labute approximate surface area is 89.1 Å². The zero-order chi connectivity index (χ0) is 10.7. The Morgan fingerprint density at radius 3 is 2.67 bits per heavy atom. The number of aromatic nitrogens is 2. The number of ether oxygens (including phenoxy) is 1. The van der Waals surface area contributed by atoms with Crippen molar-refractivity contribution in [3.63, 3.8) is 0 Å². The molecule has 1 aliphatic carbocycles. The molecule has 1 aromatic heterocycles. The molecule has 1 atom stereocenters. The lowest BCUT2D eigenvalue weighted by atomic mass is 10.2.